The number of rotatable bonds is 5. The van der Waals surface area contributed by atoms with E-state index in [0.29, 0.717) is 31.0 Å². The molecule has 1 aromatic carbocycles. The predicted molar refractivity (Wildman–Crippen MR) is 109 cm³/mol. The fourth-order valence-corrected chi connectivity index (χ4v) is 3.58. The summed E-state index contributed by atoms with van der Waals surface area (Å²) >= 11 is 0. The van der Waals surface area contributed by atoms with E-state index in [1.165, 1.54) is 12.1 Å². The maximum absolute atomic E-state index is 13.0. The molecule has 3 heterocycles. The van der Waals surface area contributed by atoms with Gasteiger partial charge in [0.15, 0.2) is 0 Å². The van der Waals surface area contributed by atoms with E-state index in [1.807, 2.05) is 12.1 Å². The molecule has 1 fully saturated rings. The molecule has 1 atom stereocenters. The minimum absolute atomic E-state index is 0.0982. The van der Waals surface area contributed by atoms with Gasteiger partial charge in [0.05, 0.1) is 11.6 Å². The number of nitrogens with zero attached hydrogens (tertiary/aromatic N) is 3. The molecular weight excluding hydrogens is 385 g/mol. The summed E-state index contributed by atoms with van der Waals surface area (Å²) in [5.74, 6) is -0.846. The molecule has 2 aromatic heterocycles. The zero-order valence-electron chi connectivity index (χ0n) is 16.3. The number of hydrogen-bond acceptors (Lipinski definition) is 4. The number of piperidine rings is 1. The molecule has 1 aliphatic rings. The first-order chi connectivity index (χ1) is 14.6. The molecular formula is C22H22FN5O2. The lowest BCUT2D eigenvalue weighted by molar-refractivity contribution is -0.126. The van der Waals surface area contributed by atoms with Gasteiger partial charge >= 0.3 is 0 Å². The number of hydrogen-bond donors (Lipinski definition) is 2. The molecule has 154 valence electrons. The zero-order chi connectivity index (χ0) is 20.9. The van der Waals surface area contributed by atoms with Crippen LogP contribution in [-0.4, -0.2) is 45.0 Å². The number of halogens is 1. The van der Waals surface area contributed by atoms with E-state index < -0.39 is 0 Å². The number of carbonyl (C=O) groups is 2. The Bertz CT molecular complexity index is 1020. The molecule has 7 nitrogen and oxygen atoms in total. The van der Waals surface area contributed by atoms with E-state index in [4.69, 9.17) is 0 Å². The van der Waals surface area contributed by atoms with Gasteiger partial charge in [0.25, 0.3) is 5.91 Å². The molecule has 0 aliphatic carbocycles. The summed E-state index contributed by atoms with van der Waals surface area (Å²) in [5.41, 5.74) is 2.77. The van der Waals surface area contributed by atoms with Gasteiger partial charge < -0.3 is 10.2 Å². The number of benzene rings is 1. The second kappa shape index (κ2) is 8.86. The molecule has 30 heavy (non-hydrogen) atoms. The zero-order valence-corrected chi connectivity index (χ0v) is 16.3. The van der Waals surface area contributed by atoms with Crippen molar-refractivity contribution >= 4 is 11.8 Å². The average Bonchev–Trinajstić information content (AvgIpc) is 3.29. The highest BCUT2D eigenvalue weighted by molar-refractivity contribution is 5.94. The van der Waals surface area contributed by atoms with E-state index in [2.05, 4.69) is 20.5 Å². The van der Waals surface area contributed by atoms with E-state index in [0.717, 1.165) is 24.0 Å². The van der Waals surface area contributed by atoms with E-state index in [9.17, 15) is 14.0 Å². The highest BCUT2D eigenvalue weighted by Gasteiger charge is 2.29. The lowest BCUT2D eigenvalue weighted by Gasteiger charge is -2.31. The number of pyridine rings is 1. The number of aromatic amines is 1. The van der Waals surface area contributed by atoms with Crippen molar-refractivity contribution in [2.45, 2.75) is 19.4 Å². The molecule has 3 aromatic rings. The lowest BCUT2D eigenvalue weighted by Crippen LogP contribution is -2.45. The smallest absolute Gasteiger partial charge is 0.271 e. The Balaban J connectivity index is 1.36. The number of nitrogens with one attached hydrogen (secondary N) is 2. The van der Waals surface area contributed by atoms with Gasteiger partial charge in [-0.15, -0.1) is 0 Å². The van der Waals surface area contributed by atoms with Crippen LogP contribution < -0.4 is 5.32 Å². The van der Waals surface area contributed by atoms with Crippen LogP contribution >= 0.6 is 0 Å². The van der Waals surface area contributed by atoms with Crippen molar-refractivity contribution in [2.24, 2.45) is 5.92 Å². The van der Waals surface area contributed by atoms with Crippen LogP contribution in [0.15, 0.2) is 54.9 Å². The summed E-state index contributed by atoms with van der Waals surface area (Å²) in [6.07, 6.45) is 4.83. The predicted octanol–water partition coefficient (Wildman–Crippen LogP) is 2.78. The van der Waals surface area contributed by atoms with Crippen LogP contribution in [0.3, 0.4) is 0 Å². The first kappa shape index (κ1) is 19.8. The van der Waals surface area contributed by atoms with Gasteiger partial charge in [0, 0.05) is 37.6 Å². The standard InChI is InChI=1S/C22H22FN5O2/c23-18-5-3-15(4-6-18)13-25-21(29)17-2-1-11-28(14-17)22(30)20-12-19(26-27-20)16-7-9-24-10-8-16/h3-10,12,17H,1-2,11,13-14H2,(H,25,29)(H,26,27). The third kappa shape index (κ3) is 4.53. The molecule has 1 aliphatic heterocycles. The molecule has 1 saturated heterocycles. The quantitative estimate of drug-likeness (QED) is 0.680. The van der Waals surface area contributed by atoms with E-state index >= 15 is 0 Å². The third-order valence-corrected chi connectivity index (χ3v) is 5.24. The summed E-state index contributed by atoms with van der Waals surface area (Å²) in [7, 11) is 0. The van der Waals surface area contributed by atoms with Gasteiger partial charge in [-0.25, -0.2) is 4.39 Å². The van der Waals surface area contributed by atoms with Crippen LogP contribution in [0.5, 0.6) is 0 Å². The molecule has 0 radical (unpaired) electrons. The van der Waals surface area contributed by atoms with Gasteiger partial charge in [-0.3, -0.25) is 19.7 Å². The Kier molecular flexibility index (Phi) is 5.83. The maximum atomic E-state index is 13.0. The lowest BCUT2D eigenvalue weighted by atomic mass is 9.96. The molecule has 0 saturated carbocycles. The van der Waals surface area contributed by atoms with E-state index in [-0.39, 0.29) is 23.5 Å². The summed E-state index contributed by atoms with van der Waals surface area (Å²) in [4.78, 5) is 31.2. The van der Waals surface area contributed by atoms with Crippen LogP contribution in [0.25, 0.3) is 11.3 Å². The van der Waals surface area contributed by atoms with Crippen molar-refractivity contribution in [3.8, 4) is 11.3 Å². The molecule has 0 spiro atoms. The van der Waals surface area contributed by atoms with Crippen LogP contribution in [0, 0.1) is 11.7 Å². The Hall–Kier alpha value is -3.55. The summed E-state index contributed by atoms with van der Waals surface area (Å²) in [6, 6.07) is 11.4. The van der Waals surface area contributed by atoms with Gasteiger partial charge in [0.2, 0.25) is 5.91 Å². The highest BCUT2D eigenvalue weighted by atomic mass is 19.1. The largest absolute Gasteiger partial charge is 0.352 e. The molecule has 0 bridgehead atoms. The van der Waals surface area contributed by atoms with Gasteiger partial charge in [-0.1, -0.05) is 12.1 Å². The monoisotopic (exact) mass is 407 g/mol. The Labute approximate surface area is 173 Å². The number of likely N-dealkylation sites (tertiary alicyclic amines) is 1. The van der Waals surface area contributed by atoms with Crippen LogP contribution in [0.2, 0.25) is 0 Å². The first-order valence-corrected chi connectivity index (χ1v) is 9.87. The normalized spacial score (nSPS) is 16.3. The number of aromatic nitrogens is 3. The van der Waals surface area contributed by atoms with Crippen molar-refractivity contribution in [1.29, 1.82) is 0 Å². The SMILES string of the molecule is O=C(NCc1ccc(F)cc1)C1CCCN(C(=O)c2cc(-c3ccncc3)n[nH]2)C1. The number of amides is 2. The summed E-state index contributed by atoms with van der Waals surface area (Å²) in [5, 5.41) is 9.91. The van der Waals surface area contributed by atoms with E-state index in [1.54, 1.807) is 35.5 Å². The van der Waals surface area contributed by atoms with Crippen molar-refractivity contribution in [1.82, 2.24) is 25.4 Å². The summed E-state index contributed by atoms with van der Waals surface area (Å²) < 4.78 is 13.0. The molecule has 2 N–H and O–H groups in total. The van der Waals surface area contributed by atoms with Gasteiger partial charge in [-0.05, 0) is 48.7 Å². The first-order valence-electron chi connectivity index (χ1n) is 9.87. The van der Waals surface area contributed by atoms with Gasteiger partial charge in [0.1, 0.15) is 11.5 Å². The topological polar surface area (TPSA) is 91.0 Å². The molecule has 8 heteroatoms. The van der Waals surface area contributed by atoms with Crippen LogP contribution in [0.4, 0.5) is 4.39 Å². The Morgan fingerprint density at radius 1 is 1.17 bits per heavy atom. The Morgan fingerprint density at radius 2 is 1.93 bits per heavy atom. The fourth-order valence-electron chi connectivity index (χ4n) is 3.58. The minimum Gasteiger partial charge on any atom is -0.352 e. The molecule has 1 unspecified atom stereocenters. The van der Waals surface area contributed by atoms with Crippen molar-refractivity contribution < 1.29 is 14.0 Å². The Morgan fingerprint density at radius 3 is 2.70 bits per heavy atom. The van der Waals surface area contributed by atoms with Crippen molar-refractivity contribution in [3.05, 3.63) is 71.9 Å². The second-order valence-electron chi connectivity index (χ2n) is 7.34. The summed E-state index contributed by atoms with van der Waals surface area (Å²) in [6.45, 7) is 1.29. The van der Waals surface area contributed by atoms with Crippen LogP contribution in [0.1, 0.15) is 28.9 Å². The van der Waals surface area contributed by atoms with Crippen LogP contribution in [-0.2, 0) is 11.3 Å². The third-order valence-electron chi connectivity index (χ3n) is 5.24. The maximum Gasteiger partial charge on any atom is 0.271 e. The molecule has 2 amide bonds. The van der Waals surface area contributed by atoms with Crippen molar-refractivity contribution in [3.63, 3.8) is 0 Å². The molecule has 4 rings (SSSR count). The average molecular weight is 407 g/mol. The van der Waals surface area contributed by atoms with Crippen molar-refractivity contribution in [2.75, 3.05) is 13.1 Å². The van der Waals surface area contributed by atoms with Gasteiger partial charge in [-0.2, -0.15) is 5.10 Å². The second-order valence-corrected chi connectivity index (χ2v) is 7.34. The fraction of sp³-hybridized carbons (Fsp3) is 0.273. The number of carbonyl (C=O) groups excluding carboxylic acids is 2. The minimum atomic E-state index is -0.308. The highest BCUT2D eigenvalue weighted by Crippen LogP contribution is 2.21. The number of H-pyrrole nitrogens is 1.